The van der Waals surface area contributed by atoms with Crippen LogP contribution in [0.1, 0.15) is 152 Å². The number of alkyl halides is 9. The van der Waals surface area contributed by atoms with Crippen molar-refractivity contribution < 1.29 is 174 Å². The molecule has 2 saturated heterocycles. The van der Waals surface area contributed by atoms with Crippen molar-refractivity contribution in [2.45, 2.75) is 278 Å². The van der Waals surface area contributed by atoms with Crippen molar-refractivity contribution >= 4 is 48.4 Å². The number of quaternary nitrogens is 3. The fourth-order valence-electron chi connectivity index (χ4n) is 15.2. The van der Waals surface area contributed by atoms with Gasteiger partial charge in [-0.15, -0.1) is 0 Å². The standard InChI is InChI=1S/C57H100N6O16.3CHF3O3S/c1-28(2)12-11-13-29(3)33-17-18-34-32-16-15-30-24-31(19-21-56(30,7)35(32)20-22-57(33,34)8)74-53(72)61-23-10-9-14-38(63-54(73)79-55(4,5)6)50(71)62-26-39-43(66)45(68)46(69)52(75-39)78-49-37(59)25-36(58)48(47(49)70)77-51-44(67)41(60)42(65)40(27-64)76-51;3*2-1(3,4)8(5,6)7/h15,28-29,31-49,51-52,64-70H,9-14,16-27,58-60H2,1-8H3,(H,61,72)(H,62,71)(H,63,73);3*(H,5,6,7)/t29-,31+,32+,33-,34+,35+,36-,37+,38+,39-,40-,41+,42-,43-,44-,45+,46-,47-,48+,49+,51+,52+,56+,57-;;;/m1.../s1. The third kappa shape index (κ3) is 24.9. The largest absolute Gasteiger partial charge is 0.741 e. The van der Waals surface area contributed by atoms with E-state index in [1.807, 2.05) is 0 Å². The number of allylic oxidation sites excluding steroid dienone is 1. The zero-order valence-electron chi connectivity index (χ0n) is 58.3. The van der Waals surface area contributed by atoms with Crippen molar-refractivity contribution in [2.24, 2.45) is 46.3 Å². The van der Waals surface area contributed by atoms with Gasteiger partial charge >= 0.3 is 28.7 Å². The van der Waals surface area contributed by atoms with E-state index in [1.54, 1.807) is 20.8 Å². The maximum atomic E-state index is 13.8. The molecule has 2 heterocycles. The topological polar surface area (TPSA) is 539 Å². The number of rotatable bonds is 20. The maximum Gasteiger partial charge on any atom is 0.485 e. The van der Waals surface area contributed by atoms with Crippen LogP contribution in [0.25, 0.3) is 0 Å². The monoisotopic (exact) mass is 1570 g/mol. The summed E-state index contributed by atoms with van der Waals surface area (Å²) in [5.74, 6) is 3.85. The highest BCUT2D eigenvalue weighted by Gasteiger charge is 2.60. The molecule has 0 aromatic rings. The van der Waals surface area contributed by atoms with Crippen LogP contribution in [0.4, 0.5) is 49.1 Å². The van der Waals surface area contributed by atoms with E-state index in [9.17, 15) is 89.6 Å². The third-order valence-electron chi connectivity index (χ3n) is 20.5. The molecule has 19 N–H and O–H groups in total. The molecule has 3 amide bonds. The number of carbonyl (C=O) groups is 3. The van der Waals surface area contributed by atoms with Crippen molar-refractivity contribution in [1.82, 2.24) is 16.0 Å². The van der Waals surface area contributed by atoms with Gasteiger partial charge in [0.25, 0.3) is 0 Å². The first-order valence-corrected chi connectivity index (χ1v) is 37.9. The Morgan fingerprint density at radius 3 is 1.68 bits per heavy atom. The fourth-order valence-corrected chi connectivity index (χ4v) is 15.2. The Morgan fingerprint density at radius 2 is 1.17 bits per heavy atom. The first-order chi connectivity index (χ1) is 46.9. The molecule has 6 fully saturated rings. The number of ether oxygens (including phenoxy) is 6. The molecule has 0 bridgehead atoms. The van der Waals surface area contributed by atoms with Gasteiger partial charge in [-0.05, 0) is 131 Å². The van der Waals surface area contributed by atoms with Crippen LogP contribution in [0, 0.1) is 46.3 Å². The summed E-state index contributed by atoms with van der Waals surface area (Å²) >= 11 is 0. The molecule has 0 aromatic carbocycles. The van der Waals surface area contributed by atoms with Gasteiger partial charge in [0.05, 0.1) is 13.0 Å². The molecule has 0 unspecified atom stereocenters. The minimum absolute atomic E-state index is 0.131. The molecule has 4 saturated carbocycles. The normalized spacial score (nSPS) is 35.6. The lowest BCUT2D eigenvalue weighted by Gasteiger charge is -2.58. The van der Waals surface area contributed by atoms with Crippen molar-refractivity contribution in [3.05, 3.63) is 11.6 Å². The summed E-state index contributed by atoms with van der Waals surface area (Å²) < 4.78 is 212. The zero-order chi connectivity index (χ0) is 78.9. The lowest BCUT2D eigenvalue weighted by atomic mass is 9.47. The summed E-state index contributed by atoms with van der Waals surface area (Å²) in [5, 5.41) is 83.6. The first-order valence-electron chi connectivity index (χ1n) is 33.7. The van der Waals surface area contributed by atoms with Gasteiger partial charge in [-0.3, -0.25) is 4.79 Å². The van der Waals surface area contributed by atoms with Crippen LogP contribution in [0.5, 0.6) is 0 Å². The number of nitrogens with one attached hydrogen (secondary N) is 3. The van der Waals surface area contributed by atoms with Crippen molar-refractivity contribution in [3.8, 4) is 0 Å². The number of carbonyl (C=O) groups excluding carboxylic acids is 3. The number of aliphatic hydroxyl groups is 7. The highest BCUT2D eigenvalue weighted by Crippen LogP contribution is 2.67. The predicted octanol–water partition coefficient (Wildman–Crippen LogP) is 0.0697. The van der Waals surface area contributed by atoms with Gasteiger partial charge in [0, 0.05) is 19.5 Å². The predicted molar refractivity (Wildman–Crippen MR) is 333 cm³/mol. The second-order valence-electron chi connectivity index (χ2n) is 29.5. The summed E-state index contributed by atoms with van der Waals surface area (Å²) in [4.78, 5) is 40.0. The molecule has 604 valence electrons. The quantitative estimate of drug-likeness (QED) is 0.0252. The van der Waals surface area contributed by atoms with E-state index < -0.39 is 182 Å². The van der Waals surface area contributed by atoms with Crippen molar-refractivity contribution in [2.75, 3.05) is 19.7 Å². The van der Waals surface area contributed by atoms with Gasteiger partial charge in [-0.1, -0.05) is 65.5 Å². The molecule has 24 atom stereocenters. The maximum absolute atomic E-state index is 13.8. The highest BCUT2D eigenvalue weighted by atomic mass is 32.2. The summed E-state index contributed by atoms with van der Waals surface area (Å²) in [6, 6.07) is -3.40. The Bertz CT molecular complexity index is 3040. The van der Waals surface area contributed by atoms with Crippen LogP contribution in [0.3, 0.4) is 0 Å². The van der Waals surface area contributed by atoms with Crippen LogP contribution in [-0.2, 0) is 63.6 Å². The highest BCUT2D eigenvalue weighted by molar-refractivity contribution is 7.87. The number of halogens is 9. The van der Waals surface area contributed by atoms with E-state index >= 15 is 0 Å². The minimum atomic E-state index is -6.09. The van der Waals surface area contributed by atoms with Crippen molar-refractivity contribution in [1.29, 1.82) is 0 Å². The number of aliphatic hydroxyl groups excluding tert-OH is 7. The Kier molecular flexibility index (Phi) is 32.6. The first kappa shape index (κ1) is 91.7. The minimum Gasteiger partial charge on any atom is -0.741 e. The van der Waals surface area contributed by atoms with E-state index in [-0.39, 0.29) is 30.9 Å². The van der Waals surface area contributed by atoms with E-state index in [0.29, 0.717) is 24.2 Å². The molecule has 7 rings (SSSR count). The van der Waals surface area contributed by atoms with Gasteiger partial charge in [0.2, 0.25) is 5.91 Å². The fraction of sp³-hybridized carbons (Fsp3) is 0.917. The van der Waals surface area contributed by atoms with E-state index in [0.717, 1.165) is 55.3 Å². The Labute approximate surface area is 591 Å². The van der Waals surface area contributed by atoms with Crippen LogP contribution >= 0.6 is 0 Å². The Hall–Kier alpha value is -3.71. The zero-order valence-corrected chi connectivity index (χ0v) is 60.8. The average Bonchev–Trinajstić information content (AvgIpc) is 1.67. The van der Waals surface area contributed by atoms with Gasteiger partial charge in [0.15, 0.2) is 49.0 Å². The number of fused-ring (bicyclic) bond motifs is 5. The van der Waals surface area contributed by atoms with Crippen LogP contribution in [0.2, 0.25) is 0 Å². The summed E-state index contributed by atoms with van der Waals surface area (Å²) in [6.45, 7) is 16.6. The lowest BCUT2D eigenvalue weighted by Crippen LogP contribution is -2.83. The Morgan fingerprint density at radius 1 is 0.650 bits per heavy atom. The summed E-state index contributed by atoms with van der Waals surface area (Å²) in [5.41, 5.74) is -3.87. The smallest absolute Gasteiger partial charge is 0.485 e. The lowest BCUT2D eigenvalue weighted by molar-refractivity contribution is -0.525. The molecule has 0 radical (unpaired) electrons. The molecular formula is C60H103F9N6O25S3. The number of amides is 3. The molecule has 0 aromatic heterocycles. The van der Waals surface area contributed by atoms with E-state index in [2.05, 4.69) is 73.8 Å². The summed E-state index contributed by atoms with van der Waals surface area (Å²) in [6.07, 6.45) is -2.30. The summed E-state index contributed by atoms with van der Waals surface area (Å²) in [7, 11) is -18.3. The van der Waals surface area contributed by atoms with Crippen LogP contribution in [0.15, 0.2) is 11.6 Å². The second kappa shape index (κ2) is 36.7. The molecule has 103 heavy (non-hydrogen) atoms. The Balaban J connectivity index is 0.000000798. The molecule has 2 aliphatic heterocycles. The molecular weight excluding hydrogens is 1470 g/mol. The van der Waals surface area contributed by atoms with Gasteiger partial charge in [-0.25, -0.2) is 34.8 Å². The van der Waals surface area contributed by atoms with Gasteiger partial charge < -0.3 is 111 Å². The number of hydrogen-bond donors (Lipinski definition) is 13. The van der Waals surface area contributed by atoms with E-state index in [1.165, 1.54) is 50.5 Å². The number of hydrogen-bond acceptors (Lipinski definition) is 25. The molecule has 7 aliphatic rings. The van der Waals surface area contributed by atoms with Crippen LogP contribution < -0.4 is 33.2 Å². The van der Waals surface area contributed by atoms with Gasteiger partial charge in [0.1, 0.15) is 90.8 Å². The molecule has 31 nitrogen and oxygen atoms in total. The SMILES string of the molecule is CC(C)CCC[C@@H](C)[C@H]1CC[C@H]2[C@@H]3CC=C4C[C@@H](OC(=O)NCCCC[C@H](NC(=O)OC(C)(C)C)C(=O)NC[C@H]5O[C@@H](O[C@@H]6[C@H](O)[C@@H](O[C@@H]7O[C@H](CO)[C@@H](O)[C@H]([NH3+])[C@H]7O)[C@H]([NH3+])C[C@@H]6[NH3+])[C@H](O)[C@@H](O)[C@@H]5O)CC[C@]4(C)[C@H]3CC[C@]12C.O=S(=O)([O-])C(F)(F)F.O=S(=O)([O-])C(F)(F)F.O=S(=O)([O-])C(F)(F)F. The van der Waals surface area contributed by atoms with Crippen molar-refractivity contribution in [3.63, 3.8) is 0 Å². The third-order valence-corrected chi connectivity index (χ3v) is 22.2. The number of unbranched alkanes of at least 4 members (excludes halogenated alkanes) is 1. The van der Waals surface area contributed by atoms with Gasteiger partial charge in [-0.2, -0.15) is 39.5 Å². The van der Waals surface area contributed by atoms with E-state index in [4.69, 9.17) is 67.3 Å². The second-order valence-corrected chi connectivity index (χ2v) is 33.6. The molecule has 43 heteroatoms. The average molecular weight is 1580 g/mol. The molecule has 5 aliphatic carbocycles. The van der Waals surface area contributed by atoms with Crippen LogP contribution in [-0.4, -0.2) is 238 Å². The molecule has 0 spiro atoms. The number of alkyl carbamates (subject to hydrolysis) is 2.